The normalized spacial score (nSPS) is 24.1. The molecule has 1 amide bonds. The van der Waals surface area contributed by atoms with Gasteiger partial charge in [-0.3, -0.25) is 0 Å². The van der Waals surface area contributed by atoms with E-state index in [1.54, 1.807) is 0 Å². The molecule has 0 spiro atoms. The summed E-state index contributed by atoms with van der Waals surface area (Å²) in [5.74, 6) is 0.495. The number of hydrogen-bond donors (Lipinski definition) is 2. The number of aryl methyl sites for hydroxylation is 1. The minimum absolute atomic E-state index is 0.0992. The lowest BCUT2D eigenvalue weighted by molar-refractivity contribution is 0.0479. The molecule has 1 saturated carbocycles. The number of hydrogen-bond acceptors (Lipinski definition) is 4. The maximum absolute atomic E-state index is 12.1. The van der Waals surface area contributed by atoms with Gasteiger partial charge in [-0.15, -0.1) is 0 Å². The largest absolute Gasteiger partial charge is 0.444 e. The van der Waals surface area contributed by atoms with Crippen molar-refractivity contribution in [2.45, 2.75) is 84.5 Å². The third-order valence-corrected chi connectivity index (χ3v) is 5.16. The SMILES string of the molecule is CCn1cncc1CNC1(CNC(=O)OC(C)(C)C)CCCCC1C. The molecular formula is C19H34N4O2. The molecule has 1 heterocycles. The van der Waals surface area contributed by atoms with Crippen LogP contribution in [-0.4, -0.2) is 33.3 Å². The molecule has 1 aromatic heterocycles. The maximum atomic E-state index is 12.1. The minimum Gasteiger partial charge on any atom is -0.444 e. The van der Waals surface area contributed by atoms with E-state index >= 15 is 0 Å². The first-order valence-electron chi connectivity index (χ1n) is 9.46. The predicted octanol–water partition coefficient (Wildman–Crippen LogP) is 3.47. The molecule has 2 rings (SSSR count). The summed E-state index contributed by atoms with van der Waals surface area (Å²) >= 11 is 0. The Morgan fingerprint density at radius 2 is 2.20 bits per heavy atom. The number of alkyl carbamates (subject to hydrolysis) is 1. The van der Waals surface area contributed by atoms with Crippen molar-refractivity contribution in [1.29, 1.82) is 0 Å². The third kappa shape index (κ3) is 5.46. The number of nitrogens with one attached hydrogen (secondary N) is 2. The zero-order valence-corrected chi connectivity index (χ0v) is 16.4. The average molecular weight is 351 g/mol. The fourth-order valence-electron chi connectivity index (χ4n) is 3.59. The first-order chi connectivity index (χ1) is 11.8. The van der Waals surface area contributed by atoms with Crippen molar-refractivity contribution in [2.24, 2.45) is 5.92 Å². The van der Waals surface area contributed by atoms with E-state index in [1.807, 2.05) is 33.3 Å². The molecule has 1 aromatic rings. The summed E-state index contributed by atoms with van der Waals surface area (Å²) in [7, 11) is 0. The highest BCUT2D eigenvalue weighted by Gasteiger charge is 2.38. The van der Waals surface area contributed by atoms with E-state index in [-0.39, 0.29) is 11.6 Å². The maximum Gasteiger partial charge on any atom is 0.407 e. The van der Waals surface area contributed by atoms with Crippen molar-refractivity contribution in [2.75, 3.05) is 6.54 Å². The molecule has 1 aliphatic carbocycles. The van der Waals surface area contributed by atoms with Crippen LogP contribution >= 0.6 is 0 Å². The van der Waals surface area contributed by atoms with Crippen LogP contribution in [0, 0.1) is 5.92 Å². The first kappa shape index (κ1) is 19.8. The molecule has 25 heavy (non-hydrogen) atoms. The van der Waals surface area contributed by atoms with Crippen LogP contribution in [0.4, 0.5) is 4.79 Å². The lowest BCUT2D eigenvalue weighted by atomic mass is 9.73. The molecule has 2 unspecified atom stereocenters. The highest BCUT2D eigenvalue weighted by molar-refractivity contribution is 5.67. The second kappa shape index (κ2) is 8.21. The molecule has 0 saturated heterocycles. The molecule has 0 aromatic carbocycles. The lowest BCUT2D eigenvalue weighted by Crippen LogP contribution is -2.59. The number of amides is 1. The molecular weight excluding hydrogens is 316 g/mol. The van der Waals surface area contributed by atoms with E-state index in [0.29, 0.717) is 12.5 Å². The van der Waals surface area contributed by atoms with E-state index in [4.69, 9.17) is 4.74 Å². The van der Waals surface area contributed by atoms with Crippen molar-refractivity contribution < 1.29 is 9.53 Å². The molecule has 0 aliphatic heterocycles. The Morgan fingerprint density at radius 1 is 1.44 bits per heavy atom. The first-order valence-corrected chi connectivity index (χ1v) is 9.46. The van der Waals surface area contributed by atoms with Gasteiger partial charge in [0.05, 0.1) is 12.0 Å². The number of imidazole rings is 1. The second-order valence-corrected chi connectivity index (χ2v) is 8.18. The minimum atomic E-state index is -0.476. The fourth-order valence-corrected chi connectivity index (χ4v) is 3.59. The van der Waals surface area contributed by atoms with Crippen molar-refractivity contribution in [3.63, 3.8) is 0 Å². The lowest BCUT2D eigenvalue weighted by Gasteiger charge is -2.44. The van der Waals surface area contributed by atoms with Crippen LogP contribution in [0.15, 0.2) is 12.5 Å². The number of carbonyl (C=O) groups is 1. The zero-order valence-electron chi connectivity index (χ0n) is 16.4. The summed E-state index contributed by atoms with van der Waals surface area (Å²) in [6.07, 6.45) is 8.11. The Kier molecular flexibility index (Phi) is 6.49. The molecule has 1 fully saturated rings. The van der Waals surface area contributed by atoms with Crippen LogP contribution in [0.1, 0.15) is 66.0 Å². The number of rotatable bonds is 6. The predicted molar refractivity (Wildman–Crippen MR) is 99.3 cm³/mol. The number of aromatic nitrogens is 2. The molecule has 2 atom stereocenters. The van der Waals surface area contributed by atoms with Crippen molar-refractivity contribution >= 4 is 6.09 Å². The second-order valence-electron chi connectivity index (χ2n) is 8.18. The van der Waals surface area contributed by atoms with Crippen LogP contribution in [0.3, 0.4) is 0 Å². The molecule has 6 heteroatoms. The summed E-state index contributed by atoms with van der Waals surface area (Å²) in [4.78, 5) is 16.4. The fraction of sp³-hybridized carbons (Fsp3) is 0.789. The Balaban J connectivity index is 2.02. The monoisotopic (exact) mass is 350 g/mol. The van der Waals surface area contributed by atoms with Crippen LogP contribution in [0.5, 0.6) is 0 Å². The molecule has 1 aliphatic rings. The molecule has 0 radical (unpaired) electrons. The van der Waals surface area contributed by atoms with E-state index in [0.717, 1.165) is 19.5 Å². The summed E-state index contributed by atoms with van der Waals surface area (Å²) < 4.78 is 7.55. The Hall–Kier alpha value is -1.56. The van der Waals surface area contributed by atoms with Gasteiger partial charge >= 0.3 is 6.09 Å². The molecule has 6 nitrogen and oxygen atoms in total. The topological polar surface area (TPSA) is 68.2 Å². The van der Waals surface area contributed by atoms with E-state index in [9.17, 15) is 4.79 Å². The van der Waals surface area contributed by atoms with Gasteiger partial charge in [-0.2, -0.15) is 0 Å². The van der Waals surface area contributed by atoms with E-state index in [2.05, 4.69) is 34.0 Å². The quantitative estimate of drug-likeness (QED) is 0.824. The smallest absolute Gasteiger partial charge is 0.407 e. The standard InChI is InChI=1S/C19H34N4O2/c1-6-23-14-20-11-16(23)12-22-19(10-8-7-9-15(19)2)13-21-17(24)25-18(3,4)5/h11,14-15,22H,6-10,12-13H2,1-5H3,(H,21,24). The van der Waals surface area contributed by atoms with E-state index in [1.165, 1.54) is 25.0 Å². The van der Waals surface area contributed by atoms with Gasteiger partial charge in [0.15, 0.2) is 0 Å². The third-order valence-electron chi connectivity index (χ3n) is 5.16. The average Bonchev–Trinajstić information content (AvgIpc) is 2.99. The van der Waals surface area contributed by atoms with Crippen LogP contribution < -0.4 is 10.6 Å². The molecule has 142 valence electrons. The summed E-state index contributed by atoms with van der Waals surface area (Å²) in [6.45, 7) is 12.3. The van der Waals surface area contributed by atoms with Gasteiger partial charge < -0.3 is 19.9 Å². The van der Waals surface area contributed by atoms with Crippen molar-refractivity contribution in [3.05, 3.63) is 18.2 Å². The van der Waals surface area contributed by atoms with E-state index < -0.39 is 5.60 Å². The Morgan fingerprint density at radius 3 is 2.84 bits per heavy atom. The zero-order chi connectivity index (χ0) is 18.5. The van der Waals surface area contributed by atoms with Gasteiger partial charge in [0.2, 0.25) is 0 Å². The number of ether oxygens (including phenoxy) is 1. The Labute approximate surface area is 151 Å². The molecule has 0 bridgehead atoms. The van der Waals surface area contributed by atoms with Gasteiger partial charge in [0.25, 0.3) is 0 Å². The van der Waals surface area contributed by atoms with Crippen LogP contribution in [0.2, 0.25) is 0 Å². The molecule has 2 N–H and O–H groups in total. The summed E-state index contributed by atoms with van der Waals surface area (Å²) in [5, 5.41) is 6.74. The number of carbonyl (C=O) groups excluding carboxylic acids is 1. The number of nitrogens with zero attached hydrogens (tertiary/aromatic N) is 2. The van der Waals surface area contributed by atoms with Gasteiger partial charge in [-0.1, -0.05) is 19.8 Å². The Bertz CT molecular complexity index is 564. The highest BCUT2D eigenvalue weighted by atomic mass is 16.6. The highest BCUT2D eigenvalue weighted by Crippen LogP contribution is 2.33. The van der Waals surface area contributed by atoms with Gasteiger partial charge in [0.1, 0.15) is 5.60 Å². The van der Waals surface area contributed by atoms with Crippen molar-refractivity contribution in [1.82, 2.24) is 20.2 Å². The van der Waals surface area contributed by atoms with Gasteiger partial charge in [-0.25, -0.2) is 9.78 Å². The van der Waals surface area contributed by atoms with Gasteiger partial charge in [0, 0.05) is 31.4 Å². The van der Waals surface area contributed by atoms with Crippen LogP contribution in [0.25, 0.3) is 0 Å². The summed E-state index contributed by atoms with van der Waals surface area (Å²) in [5.41, 5.74) is 0.603. The summed E-state index contributed by atoms with van der Waals surface area (Å²) in [6, 6.07) is 0. The van der Waals surface area contributed by atoms with Crippen molar-refractivity contribution in [3.8, 4) is 0 Å². The van der Waals surface area contributed by atoms with Gasteiger partial charge in [-0.05, 0) is 46.5 Å². The van der Waals surface area contributed by atoms with Crippen LogP contribution in [-0.2, 0) is 17.8 Å².